The Hall–Kier alpha value is -1.11. The topological polar surface area (TPSA) is 41.8 Å². The van der Waals surface area contributed by atoms with Crippen molar-refractivity contribution in [3.8, 4) is 0 Å². The van der Waals surface area contributed by atoms with E-state index in [-0.39, 0.29) is 0 Å². The Labute approximate surface area is 117 Å². The molecule has 1 fully saturated rings. The minimum Gasteiger partial charge on any atom is -0.377 e. The highest BCUT2D eigenvalue weighted by Crippen LogP contribution is 2.28. The van der Waals surface area contributed by atoms with Gasteiger partial charge in [-0.15, -0.1) is 11.3 Å². The van der Waals surface area contributed by atoms with Crippen molar-refractivity contribution in [2.45, 2.75) is 25.9 Å². The zero-order valence-corrected chi connectivity index (χ0v) is 12.2. The number of morpholine rings is 1. The predicted molar refractivity (Wildman–Crippen MR) is 78.1 cm³/mol. The minimum absolute atomic E-state index is 0.439. The van der Waals surface area contributed by atoms with Crippen molar-refractivity contribution in [1.82, 2.24) is 14.7 Å². The Morgan fingerprint density at radius 2 is 2.47 bits per heavy atom. The lowest BCUT2D eigenvalue weighted by atomic mass is 10.1. The van der Waals surface area contributed by atoms with Crippen molar-refractivity contribution in [2.75, 3.05) is 31.7 Å². The lowest BCUT2D eigenvalue weighted by Crippen LogP contribution is -2.46. The molecular weight excluding hydrogens is 260 g/mol. The van der Waals surface area contributed by atoms with Crippen LogP contribution in [0.1, 0.15) is 19.0 Å². The average molecular weight is 280 g/mol. The van der Waals surface area contributed by atoms with E-state index in [2.05, 4.69) is 33.1 Å². The van der Waals surface area contributed by atoms with Gasteiger partial charge in [-0.05, 0) is 13.5 Å². The molecule has 0 aliphatic carbocycles. The summed E-state index contributed by atoms with van der Waals surface area (Å²) in [7, 11) is 1.98. The summed E-state index contributed by atoms with van der Waals surface area (Å²) in [5, 5.41) is 5.34. The number of fused-ring (bicyclic) bond motifs is 1. The molecule has 0 amide bonds. The zero-order chi connectivity index (χ0) is 13.2. The molecule has 2 aromatic heterocycles. The van der Waals surface area contributed by atoms with E-state index in [1.54, 1.807) is 11.3 Å². The van der Waals surface area contributed by atoms with Crippen LogP contribution in [0.3, 0.4) is 0 Å². The molecule has 5 nitrogen and oxygen atoms in total. The summed E-state index contributed by atoms with van der Waals surface area (Å²) in [4.78, 5) is 8.31. The highest BCUT2D eigenvalue weighted by Gasteiger charge is 2.26. The number of thiazole rings is 1. The van der Waals surface area contributed by atoms with E-state index < -0.39 is 0 Å². The Bertz CT molecular complexity index is 550. The standard InChI is InChI=1S/C13H20N4OS/c1-3-10-9-18-6-4-16(10)12-11(8-14-2)17-5-7-19-13(17)15-12/h5,7,10,14H,3-4,6,8-9H2,1-2H3. The number of ether oxygens (including phenoxy) is 1. The number of rotatable bonds is 4. The molecule has 2 aromatic rings. The van der Waals surface area contributed by atoms with E-state index >= 15 is 0 Å². The number of hydrogen-bond acceptors (Lipinski definition) is 5. The lowest BCUT2D eigenvalue weighted by molar-refractivity contribution is 0.0925. The Kier molecular flexibility index (Phi) is 3.72. The van der Waals surface area contributed by atoms with Gasteiger partial charge in [-0.1, -0.05) is 6.92 Å². The van der Waals surface area contributed by atoms with E-state index in [1.807, 2.05) is 7.05 Å². The first-order valence-corrected chi connectivity index (χ1v) is 7.66. The normalized spacial score (nSPS) is 20.3. The van der Waals surface area contributed by atoms with Gasteiger partial charge in [0.25, 0.3) is 0 Å². The van der Waals surface area contributed by atoms with Gasteiger partial charge in [0, 0.05) is 24.7 Å². The molecule has 19 heavy (non-hydrogen) atoms. The van der Waals surface area contributed by atoms with Gasteiger partial charge in [-0.25, -0.2) is 4.98 Å². The molecule has 6 heteroatoms. The van der Waals surface area contributed by atoms with E-state index in [1.165, 1.54) is 5.69 Å². The summed E-state index contributed by atoms with van der Waals surface area (Å²) in [6, 6.07) is 0.439. The van der Waals surface area contributed by atoms with Crippen LogP contribution in [-0.4, -0.2) is 42.2 Å². The number of nitrogens with zero attached hydrogens (tertiary/aromatic N) is 3. The second-order valence-corrected chi connectivity index (χ2v) is 5.67. The maximum Gasteiger partial charge on any atom is 0.195 e. The van der Waals surface area contributed by atoms with Gasteiger partial charge in [-0.3, -0.25) is 4.40 Å². The first kappa shape index (κ1) is 12.9. The number of imidazole rings is 1. The molecule has 0 radical (unpaired) electrons. The molecule has 3 rings (SSSR count). The van der Waals surface area contributed by atoms with Crippen molar-refractivity contribution in [2.24, 2.45) is 0 Å². The largest absolute Gasteiger partial charge is 0.377 e. The smallest absolute Gasteiger partial charge is 0.195 e. The highest BCUT2D eigenvalue weighted by atomic mass is 32.1. The van der Waals surface area contributed by atoms with Gasteiger partial charge in [0.15, 0.2) is 10.8 Å². The van der Waals surface area contributed by atoms with Gasteiger partial charge >= 0.3 is 0 Å². The monoisotopic (exact) mass is 280 g/mol. The van der Waals surface area contributed by atoms with Crippen LogP contribution >= 0.6 is 11.3 Å². The van der Waals surface area contributed by atoms with Crippen molar-refractivity contribution >= 4 is 22.1 Å². The van der Waals surface area contributed by atoms with Crippen molar-refractivity contribution in [1.29, 1.82) is 0 Å². The van der Waals surface area contributed by atoms with Gasteiger partial charge in [0.05, 0.1) is 24.9 Å². The van der Waals surface area contributed by atoms with Crippen LogP contribution < -0.4 is 10.2 Å². The number of anilines is 1. The van der Waals surface area contributed by atoms with Crippen LogP contribution in [0.4, 0.5) is 5.82 Å². The average Bonchev–Trinajstić information content (AvgIpc) is 3.01. The highest BCUT2D eigenvalue weighted by molar-refractivity contribution is 7.15. The SMILES string of the molecule is CCC1COCCN1c1nc2sccn2c1CNC. The third-order valence-corrected chi connectivity index (χ3v) is 4.41. The van der Waals surface area contributed by atoms with Gasteiger partial charge in [-0.2, -0.15) is 0 Å². The molecule has 0 saturated carbocycles. The maximum absolute atomic E-state index is 5.59. The zero-order valence-electron chi connectivity index (χ0n) is 11.4. The third-order valence-electron chi connectivity index (χ3n) is 3.65. The Morgan fingerprint density at radius 3 is 3.26 bits per heavy atom. The van der Waals surface area contributed by atoms with Crippen LogP contribution in [0.15, 0.2) is 11.6 Å². The van der Waals surface area contributed by atoms with Crippen molar-refractivity contribution < 1.29 is 4.74 Å². The molecule has 1 unspecified atom stereocenters. The van der Waals surface area contributed by atoms with E-state index in [0.717, 1.165) is 43.5 Å². The van der Waals surface area contributed by atoms with E-state index in [4.69, 9.17) is 9.72 Å². The van der Waals surface area contributed by atoms with Crippen LogP contribution in [0.2, 0.25) is 0 Å². The molecule has 3 heterocycles. The van der Waals surface area contributed by atoms with Gasteiger partial charge < -0.3 is 15.0 Å². The second-order valence-electron chi connectivity index (χ2n) is 4.80. The van der Waals surface area contributed by atoms with Crippen LogP contribution in [0.25, 0.3) is 4.96 Å². The number of hydrogen-bond donors (Lipinski definition) is 1. The molecule has 1 aliphatic rings. The maximum atomic E-state index is 5.59. The molecule has 1 aliphatic heterocycles. The fourth-order valence-electron chi connectivity index (χ4n) is 2.65. The van der Waals surface area contributed by atoms with Gasteiger partial charge in [0.2, 0.25) is 0 Å². The summed E-state index contributed by atoms with van der Waals surface area (Å²) in [6.45, 7) is 5.57. The predicted octanol–water partition coefficient (Wildman–Crippen LogP) is 1.73. The molecule has 1 saturated heterocycles. The van der Waals surface area contributed by atoms with Crippen LogP contribution in [0.5, 0.6) is 0 Å². The number of aromatic nitrogens is 2. The summed E-state index contributed by atoms with van der Waals surface area (Å²) in [5.74, 6) is 1.12. The molecule has 0 bridgehead atoms. The third kappa shape index (κ3) is 2.24. The molecule has 1 atom stereocenters. The fraction of sp³-hybridized carbons (Fsp3) is 0.615. The summed E-state index contributed by atoms with van der Waals surface area (Å²) >= 11 is 1.69. The van der Waals surface area contributed by atoms with E-state index in [0.29, 0.717) is 6.04 Å². The summed E-state index contributed by atoms with van der Waals surface area (Å²) < 4.78 is 7.78. The summed E-state index contributed by atoms with van der Waals surface area (Å²) in [5.41, 5.74) is 1.25. The Balaban J connectivity index is 2.02. The van der Waals surface area contributed by atoms with Crippen LogP contribution in [0, 0.1) is 0 Å². The first-order chi connectivity index (χ1) is 9.35. The van der Waals surface area contributed by atoms with Crippen molar-refractivity contribution in [3.05, 3.63) is 17.3 Å². The fourth-order valence-corrected chi connectivity index (χ4v) is 3.38. The molecule has 104 valence electrons. The molecular formula is C13H20N4OS. The minimum atomic E-state index is 0.439. The van der Waals surface area contributed by atoms with Gasteiger partial charge in [0.1, 0.15) is 0 Å². The van der Waals surface area contributed by atoms with Crippen molar-refractivity contribution in [3.63, 3.8) is 0 Å². The number of nitrogens with one attached hydrogen (secondary N) is 1. The summed E-state index contributed by atoms with van der Waals surface area (Å²) in [6.07, 6.45) is 3.19. The first-order valence-electron chi connectivity index (χ1n) is 6.78. The lowest BCUT2D eigenvalue weighted by Gasteiger charge is -2.36. The molecule has 1 N–H and O–H groups in total. The Morgan fingerprint density at radius 1 is 1.58 bits per heavy atom. The second kappa shape index (κ2) is 5.48. The molecule has 0 spiro atoms. The molecule has 0 aromatic carbocycles. The van der Waals surface area contributed by atoms with E-state index in [9.17, 15) is 0 Å². The quantitative estimate of drug-likeness (QED) is 0.926. The van der Waals surface area contributed by atoms with Crippen LogP contribution in [-0.2, 0) is 11.3 Å².